The van der Waals surface area contributed by atoms with Crippen molar-refractivity contribution in [1.29, 1.82) is 0 Å². The van der Waals surface area contributed by atoms with Gasteiger partial charge in [0.25, 0.3) is 0 Å². The normalized spacial score (nSPS) is 12.8. The molecule has 0 saturated carbocycles. The number of rotatable bonds is 42. The van der Waals surface area contributed by atoms with Crippen LogP contribution >= 0.6 is 0 Å². The van der Waals surface area contributed by atoms with E-state index in [0.29, 0.717) is 19.3 Å². The molecule has 0 aliphatic carbocycles. The van der Waals surface area contributed by atoms with Crippen molar-refractivity contribution in [2.24, 2.45) is 0 Å². The average molecular weight is 821 g/mol. The third kappa shape index (κ3) is 45.5. The van der Waals surface area contributed by atoms with Crippen LogP contribution in [0.2, 0.25) is 0 Å². The molecule has 59 heavy (non-hydrogen) atoms. The highest BCUT2D eigenvalue weighted by Crippen LogP contribution is 2.13. The van der Waals surface area contributed by atoms with Crippen LogP contribution in [0.5, 0.6) is 0 Å². The van der Waals surface area contributed by atoms with Gasteiger partial charge in [0.1, 0.15) is 13.2 Å². The highest BCUT2D eigenvalue weighted by atomic mass is 16.6. The van der Waals surface area contributed by atoms with Crippen molar-refractivity contribution in [3.8, 4) is 0 Å². The number of allylic oxidation sites excluding steroid dienone is 14. The molecule has 0 bridgehead atoms. The van der Waals surface area contributed by atoms with Gasteiger partial charge in [0.05, 0.1) is 0 Å². The van der Waals surface area contributed by atoms with Crippen LogP contribution in [0.4, 0.5) is 0 Å². The van der Waals surface area contributed by atoms with E-state index in [2.05, 4.69) is 106 Å². The van der Waals surface area contributed by atoms with Crippen molar-refractivity contribution >= 4 is 17.9 Å². The summed E-state index contributed by atoms with van der Waals surface area (Å²) in [7, 11) is 0. The first-order valence-electron chi connectivity index (χ1n) is 24.1. The fourth-order valence-corrected chi connectivity index (χ4v) is 6.25. The van der Waals surface area contributed by atoms with Crippen LogP contribution in [0.3, 0.4) is 0 Å². The van der Waals surface area contributed by atoms with Crippen LogP contribution in [-0.2, 0) is 28.6 Å². The highest BCUT2D eigenvalue weighted by molar-refractivity contribution is 5.71. The number of unbranched alkanes of at least 4 members (excludes halogenated alkanes) is 17. The molecule has 1 unspecified atom stereocenters. The average Bonchev–Trinajstić information content (AvgIpc) is 3.23. The largest absolute Gasteiger partial charge is 0.462 e. The summed E-state index contributed by atoms with van der Waals surface area (Å²) in [5.74, 6) is -0.957. The van der Waals surface area contributed by atoms with Gasteiger partial charge in [-0.25, -0.2) is 0 Å². The van der Waals surface area contributed by atoms with Crippen LogP contribution < -0.4 is 0 Å². The minimum atomic E-state index is -0.795. The molecule has 0 amide bonds. The summed E-state index contributed by atoms with van der Waals surface area (Å²) in [6.45, 7) is 6.40. The predicted molar refractivity (Wildman–Crippen MR) is 251 cm³/mol. The Morgan fingerprint density at radius 2 is 0.678 bits per heavy atom. The van der Waals surface area contributed by atoms with E-state index in [1.165, 1.54) is 64.2 Å². The fraction of sp³-hybridized carbons (Fsp3) is 0.679. The van der Waals surface area contributed by atoms with Gasteiger partial charge in [0, 0.05) is 19.3 Å². The molecule has 0 fully saturated rings. The lowest BCUT2D eigenvalue weighted by molar-refractivity contribution is -0.167. The second-order valence-corrected chi connectivity index (χ2v) is 15.6. The summed E-state index contributed by atoms with van der Waals surface area (Å²) < 4.78 is 16.7. The second kappa shape index (κ2) is 47.3. The molecule has 0 heterocycles. The molecule has 0 aliphatic heterocycles. The first-order valence-corrected chi connectivity index (χ1v) is 24.1. The van der Waals surface area contributed by atoms with Gasteiger partial charge in [-0.1, -0.05) is 189 Å². The molecule has 0 aromatic rings. The van der Waals surface area contributed by atoms with Crippen molar-refractivity contribution < 1.29 is 28.6 Å². The third-order valence-corrected chi connectivity index (χ3v) is 9.88. The maximum atomic E-state index is 12.7. The van der Waals surface area contributed by atoms with Crippen molar-refractivity contribution in [3.05, 3.63) is 85.1 Å². The van der Waals surface area contributed by atoms with Gasteiger partial charge in [0.2, 0.25) is 0 Å². The van der Waals surface area contributed by atoms with E-state index < -0.39 is 6.10 Å². The Hall–Kier alpha value is -3.41. The lowest BCUT2D eigenvalue weighted by Crippen LogP contribution is -2.30. The number of hydrogen-bond donors (Lipinski definition) is 0. The zero-order valence-corrected chi connectivity index (χ0v) is 38.2. The van der Waals surface area contributed by atoms with Crippen LogP contribution in [0.15, 0.2) is 85.1 Å². The van der Waals surface area contributed by atoms with Gasteiger partial charge < -0.3 is 14.2 Å². The van der Waals surface area contributed by atoms with Crippen molar-refractivity contribution in [1.82, 2.24) is 0 Å². The van der Waals surface area contributed by atoms with Crippen LogP contribution in [-0.4, -0.2) is 37.2 Å². The highest BCUT2D eigenvalue weighted by Gasteiger charge is 2.19. The Balaban J connectivity index is 4.40. The molecule has 336 valence electrons. The van der Waals surface area contributed by atoms with E-state index in [0.717, 1.165) is 109 Å². The van der Waals surface area contributed by atoms with E-state index in [9.17, 15) is 14.4 Å². The van der Waals surface area contributed by atoms with Gasteiger partial charge in [0.15, 0.2) is 6.10 Å². The van der Waals surface area contributed by atoms with Crippen LogP contribution in [0.1, 0.15) is 213 Å². The number of carbonyl (C=O) groups excluding carboxylic acids is 3. The summed E-state index contributed by atoms with van der Waals surface area (Å²) in [5, 5.41) is 0. The number of esters is 3. The van der Waals surface area contributed by atoms with Crippen LogP contribution in [0.25, 0.3) is 0 Å². The Labute approximate surface area is 363 Å². The maximum absolute atomic E-state index is 12.7. The van der Waals surface area contributed by atoms with E-state index in [-0.39, 0.29) is 31.1 Å². The Morgan fingerprint density at radius 1 is 0.356 bits per heavy atom. The SMILES string of the molecule is CC/C=C\C/C=C\C/C=C\C/C=C\C/C=C\C/C=C\CCCCC(=O)OCC(COC(=O)CCCCCCCCCCC)OC(=O)CCCCCCC/C=C\CCCC. The molecule has 0 spiro atoms. The molecule has 0 saturated heterocycles. The lowest BCUT2D eigenvalue weighted by Gasteiger charge is -2.18. The maximum Gasteiger partial charge on any atom is 0.306 e. The first kappa shape index (κ1) is 55.6. The van der Waals surface area contributed by atoms with E-state index in [4.69, 9.17) is 14.2 Å². The predicted octanol–water partition coefficient (Wildman–Crippen LogP) is 15.6. The topological polar surface area (TPSA) is 78.9 Å². The Morgan fingerprint density at radius 3 is 1.14 bits per heavy atom. The minimum Gasteiger partial charge on any atom is -0.462 e. The molecule has 0 N–H and O–H groups in total. The van der Waals surface area contributed by atoms with Crippen molar-refractivity contribution in [3.63, 3.8) is 0 Å². The zero-order valence-electron chi connectivity index (χ0n) is 38.2. The quantitative estimate of drug-likeness (QED) is 0.0264. The molecule has 6 heteroatoms. The van der Waals surface area contributed by atoms with Gasteiger partial charge in [-0.15, -0.1) is 0 Å². The van der Waals surface area contributed by atoms with Gasteiger partial charge in [-0.3, -0.25) is 14.4 Å². The lowest BCUT2D eigenvalue weighted by atomic mass is 10.1. The smallest absolute Gasteiger partial charge is 0.306 e. The minimum absolute atomic E-state index is 0.0935. The molecule has 0 aromatic heterocycles. The molecule has 0 radical (unpaired) electrons. The van der Waals surface area contributed by atoms with Gasteiger partial charge in [-0.2, -0.15) is 0 Å². The molecular formula is C53H88O6. The summed E-state index contributed by atoms with van der Waals surface area (Å²) in [4.78, 5) is 37.7. The van der Waals surface area contributed by atoms with Crippen molar-refractivity contribution in [2.45, 2.75) is 219 Å². The molecule has 0 rings (SSSR count). The molecule has 0 aromatic carbocycles. The van der Waals surface area contributed by atoms with Gasteiger partial charge >= 0.3 is 17.9 Å². The number of ether oxygens (including phenoxy) is 3. The summed E-state index contributed by atoms with van der Waals surface area (Å²) in [5.41, 5.74) is 0. The molecule has 0 aliphatic rings. The summed E-state index contributed by atoms with van der Waals surface area (Å²) in [6.07, 6.45) is 60.0. The molecule has 6 nitrogen and oxygen atoms in total. The van der Waals surface area contributed by atoms with Crippen LogP contribution in [0, 0.1) is 0 Å². The van der Waals surface area contributed by atoms with E-state index >= 15 is 0 Å². The van der Waals surface area contributed by atoms with Gasteiger partial charge in [-0.05, 0) is 89.9 Å². The second-order valence-electron chi connectivity index (χ2n) is 15.6. The summed E-state index contributed by atoms with van der Waals surface area (Å²) >= 11 is 0. The van der Waals surface area contributed by atoms with E-state index in [1.54, 1.807) is 0 Å². The first-order chi connectivity index (χ1) is 29.0. The summed E-state index contributed by atoms with van der Waals surface area (Å²) in [6, 6.07) is 0. The Bertz CT molecular complexity index is 1170. The monoisotopic (exact) mass is 821 g/mol. The zero-order chi connectivity index (χ0) is 43.0. The molecular weight excluding hydrogens is 733 g/mol. The number of carbonyl (C=O) groups is 3. The fourth-order valence-electron chi connectivity index (χ4n) is 6.25. The standard InChI is InChI=1S/C53H88O6/c1-4-7-10-13-16-19-21-22-23-24-25-26-27-28-29-30-32-34-37-40-43-46-52(55)58-49-50(48-57-51(54)45-42-39-36-33-18-15-12-9-6-3)59-53(56)47-44-41-38-35-31-20-17-14-11-8-5-2/h7,10,14,16-17,19,22-23,25-26,28-29,32,34,50H,4-6,8-9,11-13,15,18,20-21,24,27,30-31,33,35-49H2,1-3H3/b10-7-,17-14-,19-16-,23-22-,26-25-,29-28-,34-32-. The third-order valence-electron chi connectivity index (χ3n) is 9.88. The van der Waals surface area contributed by atoms with E-state index in [1.807, 2.05) is 0 Å². The number of hydrogen-bond acceptors (Lipinski definition) is 6. The Kier molecular flexibility index (Phi) is 44.5. The molecule has 1 atom stereocenters. The van der Waals surface area contributed by atoms with Crippen molar-refractivity contribution in [2.75, 3.05) is 13.2 Å².